The summed E-state index contributed by atoms with van der Waals surface area (Å²) in [6.07, 6.45) is 0. The number of carbonyl (C=O) groups excluding carboxylic acids is 2. The Hall–Kier alpha value is -3.14. The first kappa shape index (κ1) is 28.1. The first-order chi connectivity index (χ1) is 15.9. The monoisotopic (exact) mass is 476 g/mol. The van der Waals surface area contributed by atoms with Crippen LogP contribution in [0.3, 0.4) is 0 Å². The fourth-order valence-electron chi connectivity index (χ4n) is 3.73. The van der Waals surface area contributed by atoms with Crippen molar-refractivity contribution in [3.8, 4) is 11.5 Å². The lowest BCUT2D eigenvalue weighted by Gasteiger charge is -2.32. The molecule has 0 heterocycles. The summed E-state index contributed by atoms with van der Waals surface area (Å²) in [6.45, 7) is 27.6. The molecule has 2 aromatic carbocycles. The van der Waals surface area contributed by atoms with Crippen LogP contribution >= 0.6 is 0 Å². The lowest BCUT2D eigenvalue weighted by molar-refractivity contribution is -0.131. The van der Waals surface area contributed by atoms with Gasteiger partial charge >= 0.3 is 11.9 Å². The van der Waals surface area contributed by atoms with Gasteiger partial charge in [0.25, 0.3) is 0 Å². The highest BCUT2D eigenvalue weighted by Crippen LogP contribution is 2.41. The number of hydrogen-bond donors (Lipinski definition) is 0. The molecule has 0 saturated heterocycles. The predicted octanol–water partition coefficient (Wildman–Crippen LogP) is 7.57. The first-order valence-electron chi connectivity index (χ1n) is 11.9. The summed E-state index contributed by atoms with van der Waals surface area (Å²) in [5.74, 6) is 0.222. The maximum atomic E-state index is 12.2. The van der Waals surface area contributed by atoms with Crippen LogP contribution in [0.1, 0.15) is 91.5 Å². The molecule has 188 valence electrons. The van der Waals surface area contributed by atoms with Crippen LogP contribution in [0, 0.1) is 0 Å². The molecule has 2 aromatic rings. The fraction of sp³-hybridized carbons (Fsp3) is 0.419. The summed E-state index contributed by atoms with van der Waals surface area (Å²) in [5.41, 5.74) is 3.93. The Morgan fingerprint density at radius 2 is 0.943 bits per heavy atom. The number of esters is 2. The smallest absolute Gasteiger partial charge is 0.338 e. The Bertz CT molecular complexity index is 1080. The van der Waals surface area contributed by atoms with E-state index in [1.165, 1.54) is 0 Å². The predicted molar refractivity (Wildman–Crippen MR) is 143 cm³/mol. The molecule has 4 heteroatoms. The average Bonchev–Trinajstić information content (AvgIpc) is 2.72. The van der Waals surface area contributed by atoms with Gasteiger partial charge in [-0.25, -0.2) is 9.59 Å². The zero-order valence-electron chi connectivity index (χ0n) is 23.0. The topological polar surface area (TPSA) is 52.6 Å². The number of hydrogen-bond acceptors (Lipinski definition) is 4. The molecule has 2 rings (SSSR count). The minimum Gasteiger partial charge on any atom is -0.423 e. The molecule has 0 aliphatic carbocycles. The maximum absolute atomic E-state index is 12.2. The molecule has 0 fully saturated rings. The second-order valence-corrected chi connectivity index (χ2v) is 11.9. The average molecular weight is 477 g/mol. The van der Waals surface area contributed by atoms with Crippen molar-refractivity contribution >= 4 is 11.9 Å². The molecule has 0 atom stereocenters. The molecular weight excluding hydrogens is 436 g/mol. The molecule has 4 nitrogen and oxygen atoms in total. The molecule has 0 aromatic heterocycles. The van der Waals surface area contributed by atoms with Crippen molar-refractivity contribution in [3.05, 3.63) is 83.0 Å². The van der Waals surface area contributed by atoms with E-state index in [1.54, 1.807) is 13.8 Å². The lowest BCUT2D eigenvalue weighted by Crippen LogP contribution is -2.24. The van der Waals surface area contributed by atoms with Crippen molar-refractivity contribution in [2.45, 2.75) is 85.5 Å². The van der Waals surface area contributed by atoms with Crippen molar-refractivity contribution in [2.24, 2.45) is 0 Å². The largest absolute Gasteiger partial charge is 0.423 e. The third-order valence-corrected chi connectivity index (χ3v) is 6.12. The zero-order valence-corrected chi connectivity index (χ0v) is 23.0. The summed E-state index contributed by atoms with van der Waals surface area (Å²) in [6, 6.07) is 12.0. The Kier molecular flexibility index (Phi) is 7.91. The Balaban J connectivity index is 2.62. The van der Waals surface area contributed by atoms with Crippen LogP contribution in [0.5, 0.6) is 11.5 Å². The van der Waals surface area contributed by atoms with Gasteiger partial charge in [-0.1, -0.05) is 92.8 Å². The standard InChI is InChI=1S/C31H40O4/c1-19(2)27(32)34-25-15-13-21(17-23(25)29(5,6)7)31(11,12)22-14-16-26(35-28(33)20(3)4)24(18-22)30(8,9)10/h13-18H,1,3H2,2,4-12H3. The van der Waals surface area contributed by atoms with Gasteiger partial charge in [-0.2, -0.15) is 0 Å². The first-order valence-corrected chi connectivity index (χ1v) is 11.9. The molecule has 0 bridgehead atoms. The normalized spacial score (nSPS) is 12.2. The minimum absolute atomic E-state index is 0.242. The number of benzene rings is 2. The molecule has 0 radical (unpaired) electrons. The molecule has 0 N–H and O–H groups in total. The van der Waals surface area contributed by atoms with Crippen molar-refractivity contribution in [1.29, 1.82) is 0 Å². The van der Waals surface area contributed by atoms with E-state index in [1.807, 2.05) is 24.3 Å². The van der Waals surface area contributed by atoms with Gasteiger partial charge in [-0.05, 0) is 47.9 Å². The SMILES string of the molecule is C=C(C)C(=O)Oc1ccc(C(C)(C)c2ccc(OC(=O)C(=C)C)c(C(C)(C)C)c2)cc1C(C)(C)C. The third kappa shape index (κ3) is 6.50. The van der Waals surface area contributed by atoms with E-state index < -0.39 is 11.9 Å². The zero-order chi connectivity index (χ0) is 26.9. The van der Waals surface area contributed by atoms with Gasteiger partial charge in [-0.15, -0.1) is 0 Å². The van der Waals surface area contributed by atoms with Gasteiger partial charge in [0.15, 0.2) is 0 Å². The van der Waals surface area contributed by atoms with Crippen molar-refractivity contribution in [2.75, 3.05) is 0 Å². The van der Waals surface area contributed by atoms with E-state index in [0.29, 0.717) is 22.6 Å². The number of ether oxygens (including phenoxy) is 2. The van der Waals surface area contributed by atoms with E-state index in [-0.39, 0.29) is 16.2 Å². The van der Waals surface area contributed by atoms with Gasteiger partial charge in [0.1, 0.15) is 11.5 Å². The van der Waals surface area contributed by atoms with E-state index in [2.05, 4.69) is 80.7 Å². The van der Waals surface area contributed by atoms with Crippen LogP contribution in [0.15, 0.2) is 60.7 Å². The van der Waals surface area contributed by atoms with E-state index in [9.17, 15) is 9.59 Å². The highest BCUT2D eigenvalue weighted by Gasteiger charge is 2.30. The fourth-order valence-corrected chi connectivity index (χ4v) is 3.73. The highest BCUT2D eigenvalue weighted by molar-refractivity contribution is 5.89. The van der Waals surface area contributed by atoms with Gasteiger partial charge in [0.2, 0.25) is 0 Å². The highest BCUT2D eigenvalue weighted by atomic mass is 16.5. The summed E-state index contributed by atoms with van der Waals surface area (Å²) in [7, 11) is 0. The summed E-state index contributed by atoms with van der Waals surface area (Å²) >= 11 is 0. The molecule has 0 aliphatic heterocycles. The van der Waals surface area contributed by atoms with Gasteiger partial charge < -0.3 is 9.47 Å². The van der Waals surface area contributed by atoms with E-state index >= 15 is 0 Å². The Morgan fingerprint density at radius 3 is 1.20 bits per heavy atom. The van der Waals surface area contributed by atoms with Gasteiger partial charge in [-0.3, -0.25) is 0 Å². The second kappa shape index (κ2) is 9.85. The molecule has 0 unspecified atom stereocenters. The third-order valence-electron chi connectivity index (χ3n) is 6.12. The van der Waals surface area contributed by atoms with E-state index in [4.69, 9.17) is 9.47 Å². The Morgan fingerprint density at radius 1 is 0.629 bits per heavy atom. The van der Waals surface area contributed by atoms with Crippen molar-refractivity contribution in [1.82, 2.24) is 0 Å². The molecular formula is C31H40O4. The molecule has 0 amide bonds. The summed E-state index contributed by atoms with van der Waals surface area (Å²) < 4.78 is 11.3. The number of rotatable bonds is 6. The van der Waals surface area contributed by atoms with Gasteiger partial charge in [0, 0.05) is 27.7 Å². The molecule has 35 heavy (non-hydrogen) atoms. The van der Waals surface area contributed by atoms with Crippen LogP contribution in [-0.4, -0.2) is 11.9 Å². The van der Waals surface area contributed by atoms with Crippen LogP contribution in [0.25, 0.3) is 0 Å². The summed E-state index contributed by atoms with van der Waals surface area (Å²) in [4.78, 5) is 24.4. The molecule has 0 saturated carbocycles. The maximum Gasteiger partial charge on any atom is 0.338 e. The second-order valence-electron chi connectivity index (χ2n) is 11.9. The number of carbonyl (C=O) groups is 2. The molecule has 0 aliphatic rings. The van der Waals surface area contributed by atoms with Crippen LogP contribution < -0.4 is 9.47 Å². The molecule has 0 spiro atoms. The van der Waals surface area contributed by atoms with Gasteiger partial charge in [0.05, 0.1) is 0 Å². The van der Waals surface area contributed by atoms with E-state index in [0.717, 1.165) is 22.3 Å². The summed E-state index contributed by atoms with van der Waals surface area (Å²) in [5, 5.41) is 0. The van der Waals surface area contributed by atoms with Crippen LogP contribution in [0.4, 0.5) is 0 Å². The Labute approximate surface area is 211 Å². The van der Waals surface area contributed by atoms with Crippen molar-refractivity contribution < 1.29 is 19.1 Å². The van der Waals surface area contributed by atoms with Crippen LogP contribution in [0.2, 0.25) is 0 Å². The minimum atomic E-state index is -0.433. The quantitative estimate of drug-likeness (QED) is 0.245. The van der Waals surface area contributed by atoms with Crippen molar-refractivity contribution in [3.63, 3.8) is 0 Å². The lowest BCUT2D eigenvalue weighted by atomic mass is 9.73. The van der Waals surface area contributed by atoms with Crippen LogP contribution in [-0.2, 0) is 25.8 Å².